The van der Waals surface area contributed by atoms with Crippen LogP contribution in [0.25, 0.3) is 0 Å². The van der Waals surface area contributed by atoms with Crippen LogP contribution in [0.15, 0.2) is 0 Å². The van der Waals surface area contributed by atoms with E-state index >= 15 is 0 Å². The third-order valence-corrected chi connectivity index (χ3v) is 7.88. The summed E-state index contributed by atoms with van der Waals surface area (Å²) in [6.45, 7) is 1.71. The number of carbonyl (C=O) groups excluding carboxylic acids is 1. The Bertz CT molecular complexity index is 616. The average Bonchev–Trinajstić information content (AvgIpc) is 3.11. The number of nitrogens with one attached hydrogen (secondary N) is 1. The molecule has 4 fully saturated rings. The van der Waals surface area contributed by atoms with Gasteiger partial charge in [0.2, 0.25) is 15.9 Å². The van der Waals surface area contributed by atoms with Crippen LogP contribution in [0.4, 0.5) is 0 Å². The molecule has 23 heavy (non-hydrogen) atoms. The molecule has 3 atom stereocenters. The van der Waals surface area contributed by atoms with Gasteiger partial charge < -0.3 is 10.1 Å². The van der Waals surface area contributed by atoms with E-state index in [1.54, 1.807) is 4.31 Å². The van der Waals surface area contributed by atoms with Gasteiger partial charge in [-0.05, 0) is 38.5 Å². The lowest BCUT2D eigenvalue weighted by atomic mass is 9.68. The highest BCUT2D eigenvalue weighted by molar-refractivity contribution is 7.88. The predicted octanol–water partition coefficient (Wildman–Crippen LogP) is 0.876. The first-order chi connectivity index (χ1) is 10.9. The molecule has 6 nitrogen and oxygen atoms in total. The number of carbonyl (C=O) groups is 1. The van der Waals surface area contributed by atoms with Crippen LogP contribution in [0.1, 0.15) is 44.9 Å². The Morgan fingerprint density at radius 3 is 2.70 bits per heavy atom. The Morgan fingerprint density at radius 2 is 2.09 bits per heavy atom. The average molecular weight is 342 g/mol. The first-order valence-electron chi connectivity index (χ1n) is 8.78. The maximum atomic E-state index is 12.9. The van der Waals surface area contributed by atoms with Crippen molar-refractivity contribution >= 4 is 15.9 Å². The Kier molecular flexibility index (Phi) is 3.56. The summed E-state index contributed by atoms with van der Waals surface area (Å²) in [7, 11) is -3.21. The van der Waals surface area contributed by atoms with Gasteiger partial charge in [0.15, 0.2) is 0 Å². The molecule has 2 aliphatic heterocycles. The Morgan fingerprint density at radius 1 is 1.30 bits per heavy atom. The Labute approximate surface area is 138 Å². The molecule has 0 bridgehead atoms. The molecule has 2 saturated heterocycles. The zero-order valence-corrected chi connectivity index (χ0v) is 14.5. The van der Waals surface area contributed by atoms with Gasteiger partial charge in [-0.3, -0.25) is 4.79 Å². The number of nitrogens with zero attached hydrogens (tertiary/aromatic N) is 1. The summed E-state index contributed by atoms with van der Waals surface area (Å²) in [5, 5.41) is 3.08. The van der Waals surface area contributed by atoms with Crippen molar-refractivity contribution in [1.82, 2.24) is 9.62 Å². The molecule has 2 saturated carbocycles. The summed E-state index contributed by atoms with van der Waals surface area (Å²) >= 11 is 0. The molecule has 4 rings (SSSR count). The number of hydrogen-bond acceptors (Lipinski definition) is 4. The topological polar surface area (TPSA) is 75.7 Å². The second kappa shape index (κ2) is 5.17. The van der Waals surface area contributed by atoms with Gasteiger partial charge in [0.25, 0.3) is 0 Å². The van der Waals surface area contributed by atoms with Crippen LogP contribution in [0.5, 0.6) is 0 Å². The van der Waals surface area contributed by atoms with Crippen molar-refractivity contribution < 1.29 is 17.9 Å². The van der Waals surface area contributed by atoms with Crippen LogP contribution in [0.3, 0.4) is 0 Å². The fraction of sp³-hybridized carbons (Fsp3) is 0.938. The van der Waals surface area contributed by atoms with E-state index in [9.17, 15) is 13.2 Å². The quantitative estimate of drug-likeness (QED) is 0.823. The molecule has 1 N–H and O–H groups in total. The molecule has 0 radical (unpaired) electrons. The van der Waals surface area contributed by atoms with Gasteiger partial charge in [-0.25, -0.2) is 8.42 Å². The highest BCUT2D eigenvalue weighted by Crippen LogP contribution is 2.71. The maximum absolute atomic E-state index is 12.9. The Balaban J connectivity index is 1.42. The van der Waals surface area contributed by atoms with Crippen LogP contribution >= 0.6 is 0 Å². The van der Waals surface area contributed by atoms with Crippen molar-refractivity contribution in [2.45, 2.75) is 56.6 Å². The summed E-state index contributed by atoms with van der Waals surface area (Å²) in [5.41, 5.74) is -0.513. The lowest BCUT2D eigenvalue weighted by molar-refractivity contribution is -0.149. The molecule has 0 aromatic heterocycles. The smallest absolute Gasteiger partial charge is 0.229 e. The van der Waals surface area contributed by atoms with E-state index in [0.717, 1.165) is 44.9 Å². The molecular weight excluding hydrogens is 316 g/mol. The van der Waals surface area contributed by atoms with Gasteiger partial charge in [0.1, 0.15) is 0 Å². The first kappa shape index (κ1) is 15.8. The maximum Gasteiger partial charge on any atom is 0.229 e. The fourth-order valence-corrected chi connectivity index (χ4v) is 6.22. The number of hydrogen-bond donors (Lipinski definition) is 1. The van der Waals surface area contributed by atoms with Gasteiger partial charge in [-0.1, -0.05) is 6.42 Å². The lowest BCUT2D eigenvalue weighted by Gasteiger charge is -2.44. The highest BCUT2D eigenvalue weighted by atomic mass is 32.2. The molecule has 1 amide bonds. The van der Waals surface area contributed by atoms with Crippen molar-refractivity contribution in [3.05, 3.63) is 0 Å². The van der Waals surface area contributed by atoms with E-state index in [1.165, 1.54) is 6.26 Å². The number of piperidine rings is 1. The van der Waals surface area contributed by atoms with E-state index in [1.807, 2.05) is 0 Å². The van der Waals surface area contributed by atoms with Crippen molar-refractivity contribution in [2.75, 3.05) is 26.0 Å². The summed E-state index contributed by atoms with van der Waals surface area (Å²) in [5.74, 6) is 0.471. The summed E-state index contributed by atoms with van der Waals surface area (Å²) in [6.07, 6.45) is 8.09. The minimum atomic E-state index is -3.21. The minimum absolute atomic E-state index is 0.0960. The standard InChI is InChI=1S/C16H26N2O4S/c1-23(20,21)18-8-3-2-5-13(18)10-17-14(19)16-9-12(16)11-22-15(16)6-4-7-15/h12-13H,2-11H2,1H3,(H,17,19)/t12-,13?,16-/m1/s1. The van der Waals surface area contributed by atoms with Crippen LogP contribution in [-0.4, -0.2) is 56.2 Å². The second-order valence-electron chi connectivity index (χ2n) is 7.76. The predicted molar refractivity (Wildman–Crippen MR) is 85.3 cm³/mol. The van der Waals surface area contributed by atoms with Gasteiger partial charge in [0.05, 0.1) is 23.9 Å². The molecule has 1 spiro atoms. The third kappa shape index (κ3) is 2.27. The van der Waals surface area contributed by atoms with Crippen molar-refractivity contribution in [1.29, 1.82) is 0 Å². The monoisotopic (exact) mass is 342 g/mol. The number of amides is 1. The fourth-order valence-electron chi connectivity index (χ4n) is 5.03. The van der Waals surface area contributed by atoms with Crippen molar-refractivity contribution in [2.24, 2.45) is 11.3 Å². The number of ether oxygens (including phenoxy) is 1. The molecule has 7 heteroatoms. The van der Waals surface area contributed by atoms with Gasteiger partial charge >= 0.3 is 0 Å². The molecule has 1 unspecified atom stereocenters. The third-order valence-electron chi connectivity index (χ3n) is 6.54. The highest BCUT2D eigenvalue weighted by Gasteiger charge is 2.77. The summed E-state index contributed by atoms with van der Waals surface area (Å²) in [6, 6.07) is -0.101. The first-order valence-corrected chi connectivity index (χ1v) is 10.6. The number of fused-ring (bicyclic) bond motifs is 2. The zero-order chi connectivity index (χ0) is 16.3. The number of sulfonamides is 1. The Hall–Kier alpha value is -0.660. The van der Waals surface area contributed by atoms with E-state index in [0.29, 0.717) is 25.6 Å². The van der Waals surface area contributed by atoms with E-state index < -0.39 is 10.0 Å². The normalized spacial score (nSPS) is 38.8. The second-order valence-corrected chi connectivity index (χ2v) is 9.70. The van der Waals surface area contributed by atoms with Crippen LogP contribution in [0, 0.1) is 11.3 Å². The molecule has 0 aromatic rings. The molecular formula is C16H26N2O4S. The molecule has 2 heterocycles. The zero-order valence-electron chi connectivity index (χ0n) is 13.7. The summed E-state index contributed by atoms with van der Waals surface area (Å²) in [4.78, 5) is 12.9. The van der Waals surface area contributed by atoms with Crippen molar-refractivity contribution in [3.63, 3.8) is 0 Å². The van der Waals surface area contributed by atoms with E-state index in [-0.39, 0.29) is 23.0 Å². The molecule has 0 aromatic carbocycles. The molecule has 2 aliphatic carbocycles. The lowest BCUT2D eigenvalue weighted by Crippen LogP contribution is -2.55. The number of rotatable bonds is 4. The van der Waals surface area contributed by atoms with Crippen molar-refractivity contribution in [3.8, 4) is 0 Å². The SMILES string of the molecule is CS(=O)(=O)N1CCCCC1CNC(=O)[C@@]12C[C@@H]1COC21CCC1. The van der Waals surface area contributed by atoms with Crippen LogP contribution in [0.2, 0.25) is 0 Å². The van der Waals surface area contributed by atoms with Crippen LogP contribution < -0.4 is 5.32 Å². The molecule has 4 aliphatic rings. The van der Waals surface area contributed by atoms with E-state index in [2.05, 4.69) is 5.32 Å². The van der Waals surface area contributed by atoms with Gasteiger partial charge in [0, 0.05) is 25.0 Å². The summed E-state index contributed by atoms with van der Waals surface area (Å²) < 4.78 is 31.4. The van der Waals surface area contributed by atoms with Gasteiger partial charge in [-0.2, -0.15) is 4.31 Å². The largest absolute Gasteiger partial charge is 0.374 e. The van der Waals surface area contributed by atoms with E-state index in [4.69, 9.17) is 4.74 Å². The van der Waals surface area contributed by atoms with Crippen LogP contribution in [-0.2, 0) is 19.6 Å². The van der Waals surface area contributed by atoms with Gasteiger partial charge in [-0.15, -0.1) is 0 Å². The molecule has 130 valence electrons. The minimum Gasteiger partial charge on any atom is -0.374 e.